The molecule has 2 aromatic carbocycles. The Morgan fingerprint density at radius 1 is 1.11 bits per heavy atom. The molecule has 0 atom stereocenters. The summed E-state index contributed by atoms with van der Waals surface area (Å²) in [4.78, 5) is 32.5. The lowest BCUT2D eigenvalue weighted by Gasteiger charge is -2.09. The molecule has 0 unspecified atom stereocenters. The molecule has 0 fully saturated rings. The van der Waals surface area contributed by atoms with Crippen molar-refractivity contribution >= 4 is 46.4 Å². The fraction of sp³-hybridized carbons (Fsp3) is 0.0588. The van der Waals surface area contributed by atoms with Crippen molar-refractivity contribution < 1.29 is 19.4 Å². The van der Waals surface area contributed by atoms with Gasteiger partial charge in [-0.1, -0.05) is 0 Å². The summed E-state index contributed by atoms with van der Waals surface area (Å²) < 4.78 is 4.94. The Kier molecular flexibility index (Phi) is 6.71. The number of nitro benzene ring substituents is 2. The molecule has 0 saturated heterocycles. The maximum absolute atomic E-state index is 11.9. The van der Waals surface area contributed by atoms with E-state index in [9.17, 15) is 25.0 Å². The highest BCUT2D eigenvalue weighted by Crippen LogP contribution is 2.28. The summed E-state index contributed by atoms with van der Waals surface area (Å²) in [7, 11) is 1.38. The molecule has 0 aromatic heterocycles. The van der Waals surface area contributed by atoms with Crippen LogP contribution < -0.4 is 15.4 Å². The van der Waals surface area contributed by atoms with E-state index in [-0.39, 0.29) is 22.2 Å². The Morgan fingerprint density at radius 3 is 2.36 bits per heavy atom. The molecule has 0 aliphatic carbocycles. The highest BCUT2D eigenvalue weighted by molar-refractivity contribution is 7.80. The minimum Gasteiger partial charge on any atom is -0.496 e. The van der Waals surface area contributed by atoms with E-state index in [2.05, 4.69) is 10.6 Å². The number of hydrogen-bond donors (Lipinski definition) is 2. The van der Waals surface area contributed by atoms with Crippen molar-refractivity contribution in [3.05, 3.63) is 74.3 Å². The van der Waals surface area contributed by atoms with Gasteiger partial charge >= 0.3 is 0 Å². The third-order valence-corrected chi connectivity index (χ3v) is 3.62. The third-order valence-electron chi connectivity index (χ3n) is 3.42. The van der Waals surface area contributed by atoms with Crippen molar-refractivity contribution in [2.24, 2.45) is 0 Å². The van der Waals surface area contributed by atoms with Gasteiger partial charge in [0.15, 0.2) is 5.11 Å². The van der Waals surface area contributed by atoms with Gasteiger partial charge in [-0.3, -0.25) is 30.3 Å². The number of rotatable bonds is 6. The molecule has 2 aromatic rings. The molecule has 11 heteroatoms. The molecule has 10 nitrogen and oxygen atoms in total. The summed E-state index contributed by atoms with van der Waals surface area (Å²) in [6, 6.07) is 9.73. The van der Waals surface area contributed by atoms with E-state index in [0.717, 1.165) is 0 Å². The topological polar surface area (TPSA) is 137 Å². The quantitative estimate of drug-likeness (QED) is 0.326. The summed E-state index contributed by atoms with van der Waals surface area (Å²) in [5, 5.41) is 26.6. The number of amides is 1. The van der Waals surface area contributed by atoms with Crippen LogP contribution in [0.25, 0.3) is 6.08 Å². The Hall–Kier alpha value is -3.86. The number of nitro groups is 2. The second kappa shape index (κ2) is 9.19. The van der Waals surface area contributed by atoms with Crippen molar-refractivity contribution in [2.45, 2.75) is 0 Å². The maximum atomic E-state index is 11.9. The average molecular weight is 402 g/mol. The zero-order chi connectivity index (χ0) is 20.7. The molecular weight excluding hydrogens is 388 g/mol. The Labute approximate surface area is 164 Å². The molecular formula is C17H14N4O6S. The van der Waals surface area contributed by atoms with Crippen molar-refractivity contribution in [2.75, 3.05) is 12.4 Å². The average Bonchev–Trinajstić information content (AvgIpc) is 2.66. The van der Waals surface area contributed by atoms with Crippen LogP contribution in [0.1, 0.15) is 5.56 Å². The summed E-state index contributed by atoms with van der Waals surface area (Å²) >= 11 is 4.99. The smallest absolute Gasteiger partial charge is 0.296 e. The maximum Gasteiger partial charge on any atom is 0.296 e. The molecule has 28 heavy (non-hydrogen) atoms. The highest BCUT2D eigenvalue weighted by atomic mass is 32.1. The lowest BCUT2D eigenvalue weighted by Crippen LogP contribution is -2.33. The predicted molar refractivity (Wildman–Crippen MR) is 106 cm³/mol. The van der Waals surface area contributed by atoms with Gasteiger partial charge in [0.05, 0.1) is 23.0 Å². The standard InChI is InChI=1S/C17H14N4O6S/c1-27-13-7-8-14(15(10-13)21(25)26)18-17(28)19-16(22)9-4-11-2-5-12(6-3-11)20(23)24/h2-10H,1H3,(H2,18,19,22,28)/b9-4+. The fourth-order valence-corrected chi connectivity index (χ4v) is 2.29. The number of methoxy groups -OCH3 is 1. The molecule has 0 aliphatic rings. The van der Waals surface area contributed by atoms with Gasteiger partial charge in [0.1, 0.15) is 11.4 Å². The number of non-ortho nitro benzene ring substituents is 1. The number of nitrogens with zero attached hydrogens (tertiary/aromatic N) is 2. The van der Waals surface area contributed by atoms with Crippen molar-refractivity contribution in [3.8, 4) is 5.75 Å². The first kappa shape index (κ1) is 20.5. The normalized spacial score (nSPS) is 10.3. The zero-order valence-corrected chi connectivity index (χ0v) is 15.3. The van der Waals surface area contributed by atoms with Crippen molar-refractivity contribution in [3.63, 3.8) is 0 Å². The number of hydrogen-bond acceptors (Lipinski definition) is 7. The number of carbonyl (C=O) groups is 1. The van der Waals surface area contributed by atoms with Gasteiger partial charge in [-0.25, -0.2) is 0 Å². The van der Waals surface area contributed by atoms with E-state index in [1.807, 2.05) is 0 Å². The first-order valence-electron chi connectivity index (χ1n) is 7.67. The van der Waals surface area contributed by atoms with E-state index < -0.39 is 15.8 Å². The van der Waals surface area contributed by atoms with E-state index in [4.69, 9.17) is 17.0 Å². The van der Waals surface area contributed by atoms with Crippen molar-refractivity contribution in [1.29, 1.82) is 0 Å². The van der Waals surface area contributed by atoms with Crippen LogP contribution in [0.2, 0.25) is 0 Å². The Bertz CT molecular complexity index is 959. The summed E-state index contributed by atoms with van der Waals surface area (Å²) in [6.07, 6.45) is 2.62. The Morgan fingerprint density at radius 2 is 1.79 bits per heavy atom. The van der Waals surface area contributed by atoms with Gasteiger partial charge in [-0.15, -0.1) is 0 Å². The lowest BCUT2D eigenvalue weighted by molar-refractivity contribution is -0.384. The van der Waals surface area contributed by atoms with E-state index >= 15 is 0 Å². The largest absolute Gasteiger partial charge is 0.496 e. The van der Waals surface area contributed by atoms with Gasteiger partial charge in [-0.2, -0.15) is 0 Å². The van der Waals surface area contributed by atoms with Crippen LogP contribution >= 0.6 is 12.2 Å². The first-order chi connectivity index (χ1) is 13.3. The van der Waals surface area contributed by atoms with Gasteiger partial charge < -0.3 is 10.1 Å². The summed E-state index contributed by atoms with van der Waals surface area (Å²) in [5.74, 6) is -0.273. The molecule has 2 N–H and O–H groups in total. The molecule has 0 radical (unpaired) electrons. The third kappa shape index (κ3) is 5.57. The van der Waals surface area contributed by atoms with Crippen LogP contribution in [0.5, 0.6) is 5.75 Å². The number of thiocarbonyl (C=S) groups is 1. The van der Waals surface area contributed by atoms with E-state index in [0.29, 0.717) is 11.3 Å². The minimum absolute atomic E-state index is 0.0620. The number of anilines is 1. The van der Waals surface area contributed by atoms with Crippen LogP contribution in [-0.4, -0.2) is 28.0 Å². The lowest BCUT2D eigenvalue weighted by atomic mass is 10.2. The number of ether oxygens (including phenoxy) is 1. The SMILES string of the molecule is COc1ccc(NC(=S)NC(=O)/C=C/c2ccc([N+](=O)[O-])cc2)c([N+](=O)[O-])c1. The molecule has 0 bridgehead atoms. The van der Waals surface area contributed by atoms with Crippen molar-refractivity contribution in [1.82, 2.24) is 5.32 Å². The van der Waals surface area contributed by atoms with Gasteiger partial charge in [0.25, 0.3) is 11.4 Å². The second-order valence-corrected chi connectivity index (χ2v) is 5.67. The van der Waals surface area contributed by atoms with Gasteiger partial charge in [0, 0.05) is 18.2 Å². The van der Waals surface area contributed by atoms with Gasteiger partial charge in [0.2, 0.25) is 5.91 Å². The van der Waals surface area contributed by atoms with Crippen LogP contribution in [0.4, 0.5) is 17.1 Å². The van der Waals surface area contributed by atoms with E-state index in [1.165, 1.54) is 61.7 Å². The molecule has 0 aliphatic heterocycles. The van der Waals surface area contributed by atoms with Crippen LogP contribution in [-0.2, 0) is 4.79 Å². The highest BCUT2D eigenvalue weighted by Gasteiger charge is 2.16. The molecule has 2 rings (SSSR count). The van der Waals surface area contributed by atoms with Crippen LogP contribution in [0.3, 0.4) is 0 Å². The summed E-state index contributed by atoms with van der Waals surface area (Å²) in [5.41, 5.74) is 0.339. The first-order valence-corrected chi connectivity index (χ1v) is 8.08. The molecule has 0 spiro atoms. The molecule has 144 valence electrons. The number of nitrogens with one attached hydrogen (secondary N) is 2. The zero-order valence-electron chi connectivity index (χ0n) is 14.4. The number of benzene rings is 2. The fourth-order valence-electron chi connectivity index (χ4n) is 2.08. The summed E-state index contributed by atoms with van der Waals surface area (Å²) in [6.45, 7) is 0. The molecule has 0 saturated carbocycles. The van der Waals surface area contributed by atoms with Crippen LogP contribution in [0.15, 0.2) is 48.5 Å². The Balaban J connectivity index is 2.00. The second-order valence-electron chi connectivity index (χ2n) is 5.27. The van der Waals surface area contributed by atoms with Gasteiger partial charge in [-0.05, 0) is 48.1 Å². The van der Waals surface area contributed by atoms with Crippen LogP contribution in [0, 0.1) is 20.2 Å². The predicted octanol–water partition coefficient (Wildman–Crippen LogP) is 3.04. The van der Waals surface area contributed by atoms with E-state index in [1.54, 1.807) is 0 Å². The monoisotopic (exact) mass is 402 g/mol. The number of carbonyl (C=O) groups excluding carboxylic acids is 1. The minimum atomic E-state index is -0.607. The molecule has 0 heterocycles. The molecule has 1 amide bonds.